The molecule has 1 heterocycles. The number of anilines is 2. The molecule has 0 saturated heterocycles. The summed E-state index contributed by atoms with van der Waals surface area (Å²) in [6.07, 6.45) is 1.59. The molecule has 2 aromatic rings. The maximum atomic E-state index is 5.91. The Hall–Kier alpha value is -1.68. The molecule has 0 saturated carbocycles. The van der Waals surface area contributed by atoms with E-state index in [2.05, 4.69) is 5.10 Å². The van der Waals surface area contributed by atoms with Crippen molar-refractivity contribution in [3.05, 3.63) is 29.4 Å². The zero-order chi connectivity index (χ0) is 11.0. The van der Waals surface area contributed by atoms with E-state index in [9.17, 15) is 0 Å². The first kappa shape index (κ1) is 9.86. The fraction of sp³-hybridized carbons (Fsp3) is 0.100. The van der Waals surface area contributed by atoms with Gasteiger partial charge >= 0.3 is 0 Å². The summed E-state index contributed by atoms with van der Waals surface area (Å²) in [5, 5.41) is 4.68. The van der Waals surface area contributed by atoms with Gasteiger partial charge in [-0.1, -0.05) is 11.6 Å². The third-order valence-electron chi connectivity index (χ3n) is 2.24. The molecule has 0 aliphatic heterocycles. The predicted octanol–water partition coefficient (Wildman–Crippen LogP) is 1.90. The lowest BCUT2D eigenvalue weighted by Crippen LogP contribution is -1.99. The van der Waals surface area contributed by atoms with Gasteiger partial charge in [0.25, 0.3) is 0 Å². The van der Waals surface area contributed by atoms with E-state index in [1.54, 1.807) is 29.1 Å². The van der Waals surface area contributed by atoms with Gasteiger partial charge < -0.3 is 11.5 Å². The SMILES string of the molecule is Cn1ncc(N)c1-c1cc(Cl)ccc1N. The van der Waals surface area contributed by atoms with Crippen LogP contribution in [0.3, 0.4) is 0 Å². The van der Waals surface area contributed by atoms with E-state index in [1.807, 2.05) is 7.05 Å². The van der Waals surface area contributed by atoms with Crippen molar-refractivity contribution in [3.8, 4) is 11.3 Å². The summed E-state index contributed by atoms with van der Waals surface area (Å²) in [7, 11) is 1.81. The van der Waals surface area contributed by atoms with Crippen LogP contribution in [0.4, 0.5) is 11.4 Å². The molecule has 0 aliphatic carbocycles. The molecule has 1 aromatic heterocycles. The van der Waals surface area contributed by atoms with Gasteiger partial charge in [0.1, 0.15) is 0 Å². The molecular formula is C10H11ClN4. The third-order valence-corrected chi connectivity index (χ3v) is 2.47. The van der Waals surface area contributed by atoms with Crippen molar-refractivity contribution in [1.29, 1.82) is 0 Å². The minimum absolute atomic E-state index is 0.589. The second-order valence-corrected chi connectivity index (χ2v) is 3.74. The smallest absolute Gasteiger partial charge is 0.0929 e. The first-order valence-corrected chi connectivity index (χ1v) is 4.80. The zero-order valence-corrected chi connectivity index (χ0v) is 8.99. The normalized spacial score (nSPS) is 10.5. The van der Waals surface area contributed by atoms with E-state index in [1.165, 1.54) is 0 Å². The van der Waals surface area contributed by atoms with E-state index in [0.717, 1.165) is 11.3 Å². The van der Waals surface area contributed by atoms with Crippen molar-refractivity contribution in [3.63, 3.8) is 0 Å². The molecule has 2 rings (SSSR count). The van der Waals surface area contributed by atoms with Gasteiger partial charge in [0.05, 0.1) is 17.6 Å². The number of nitrogens with zero attached hydrogens (tertiary/aromatic N) is 2. The molecule has 1 aromatic carbocycles. The van der Waals surface area contributed by atoms with Crippen LogP contribution >= 0.6 is 11.6 Å². The molecule has 0 aliphatic rings. The summed E-state index contributed by atoms with van der Waals surface area (Å²) in [6.45, 7) is 0. The molecule has 4 N–H and O–H groups in total. The lowest BCUT2D eigenvalue weighted by molar-refractivity contribution is 0.776. The summed E-state index contributed by atoms with van der Waals surface area (Å²) in [5.74, 6) is 0. The highest BCUT2D eigenvalue weighted by molar-refractivity contribution is 6.31. The topological polar surface area (TPSA) is 69.9 Å². The van der Waals surface area contributed by atoms with Crippen LogP contribution in [0.2, 0.25) is 5.02 Å². The first-order valence-electron chi connectivity index (χ1n) is 4.42. The Morgan fingerprint density at radius 2 is 2.00 bits per heavy atom. The fourth-order valence-electron chi connectivity index (χ4n) is 1.52. The monoisotopic (exact) mass is 222 g/mol. The molecule has 0 bridgehead atoms. The van der Waals surface area contributed by atoms with Crippen LogP contribution in [0, 0.1) is 0 Å². The highest BCUT2D eigenvalue weighted by Crippen LogP contribution is 2.31. The van der Waals surface area contributed by atoms with E-state index in [4.69, 9.17) is 23.1 Å². The predicted molar refractivity (Wildman–Crippen MR) is 62.5 cm³/mol. The fourth-order valence-corrected chi connectivity index (χ4v) is 1.69. The Kier molecular flexibility index (Phi) is 2.28. The first-order chi connectivity index (χ1) is 7.09. The van der Waals surface area contributed by atoms with Crippen molar-refractivity contribution in [1.82, 2.24) is 9.78 Å². The molecule has 4 nitrogen and oxygen atoms in total. The van der Waals surface area contributed by atoms with Crippen LogP contribution in [-0.2, 0) is 7.05 Å². The number of nitrogen functional groups attached to an aromatic ring is 2. The zero-order valence-electron chi connectivity index (χ0n) is 8.24. The number of aromatic nitrogens is 2. The van der Waals surface area contributed by atoms with Crippen LogP contribution in [-0.4, -0.2) is 9.78 Å². The van der Waals surface area contributed by atoms with Gasteiger partial charge in [-0.05, 0) is 18.2 Å². The quantitative estimate of drug-likeness (QED) is 0.724. The number of hydrogen-bond donors (Lipinski definition) is 2. The lowest BCUT2D eigenvalue weighted by atomic mass is 10.1. The number of halogens is 1. The Bertz CT molecular complexity index is 485. The number of nitrogens with two attached hydrogens (primary N) is 2. The van der Waals surface area contributed by atoms with Gasteiger partial charge in [0.15, 0.2) is 0 Å². The van der Waals surface area contributed by atoms with E-state index < -0.39 is 0 Å². The number of aryl methyl sites for hydroxylation is 1. The minimum Gasteiger partial charge on any atom is -0.398 e. The van der Waals surface area contributed by atoms with E-state index in [-0.39, 0.29) is 0 Å². The van der Waals surface area contributed by atoms with Gasteiger partial charge in [-0.15, -0.1) is 0 Å². The second kappa shape index (κ2) is 3.47. The number of benzene rings is 1. The summed E-state index contributed by atoms with van der Waals surface area (Å²) in [4.78, 5) is 0. The highest BCUT2D eigenvalue weighted by atomic mass is 35.5. The van der Waals surface area contributed by atoms with Crippen LogP contribution in [0.1, 0.15) is 0 Å². The molecule has 0 radical (unpaired) electrons. The average molecular weight is 223 g/mol. The summed E-state index contributed by atoms with van der Waals surface area (Å²) < 4.78 is 1.68. The average Bonchev–Trinajstić information content (AvgIpc) is 2.51. The van der Waals surface area contributed by atoms with Gasteiger partial charge in [-0.2, -0.15) is 5.10 Å². The van der Waals surface area contributed by atoms with E-state index >= 15 is 0 Å². The third kappa shape index (κ3) is 1.64. The van der Waals surface area contributed by atoms with Crippen molar-refractivity contribution < 1.29 is 0 Å². The molecule has 5 heteroatoms. The molecule has 15 heavy (non-hydrogen) atoms. The van der Waals surface area contributed by atoms with Crippen LogP contribution in [0.25, 0.3) is 11.3 Å². The van der Waals surface area contributed by atoms with Crippen LogP contribution in [0.5, 0.6) is 0 Å². The van der Waals surface area contributed by atoms with Crippen LogP contribution in [0.15, 0.2) is 24.4 Å². The Morgan fingerprint density at radius 3 is 2.60 bits per heavy atom. The Labute approximate surface area is 92.4 Å². The molecule has 0 amide bonds. The van der Waals surface area contributed by atoms with Gasteiger partial charge in [-0.3, -0.25) is 4.68 Å². The maximum Gasteiger partial charge on any atom is 0.0929 e. The Morgan fingerprint density at radius 1 is 1.27 bits per heavy atom. The van der Waals surface area contributed by atoms with Crippen molar-refractivity contribution in [2.45, 2.75) is 0 Å². The van der Waals surface area contributed by atoms with E-state index in [0.29, 0.717) is 16.4 Å². The van der Waals surface area contributed by atoms with Gasteiger partial charge in [-0.25, -0.2) is 0 Å². The van der Waals surface area contributed by atoms with Gasteiger partial charge in [0.2, 0.25) is 0 Å². The minimum atomic E-state index is 0.589. The molecule has 78 valence electrons. The molecular weight excluding hydrogens is 212 g/mol. The summed E-state index contributed by atoms with van der Waals surface area (Å²) in [6, 6.07) is 5.28. The summed E-state index contributed by atoms with van der Waals surface area (Å²) >= 11 is 5.91. The highest BCUT2D eigenvalue weighted by Gasteiger charge is 2.11. The van der Waals surface area contributed by atoms with Gasteiger partial charge in [0, 0.05) is 23.3 Å². The number of rotatable bonds is 1. The second-order valence-electron chi connectivity index (χ2n) is 3.30. The Balaban J connectivity index is 2.68. The lowest BCUT2D eigenvalue weighted by Gasteiger charge is -2.07. The largest absolute Gasteiger partial charge is 0.398 e. The molecule has 0 unspecified atom stereocenters. The molecule has 0 spiro atoms. The molecule has 0 fully saturated rings. The summed E-state index contributed by atoms with van der Waals surface area (Å²) in [5.41, 5.74) is 14.5. The van der Waals surface area contributed by atoms with Crippen molar-refractivity contribution >= 4 is 23.0 Å². The number of hydrogen-bond acceptors (Lipinski definition) is 3. The molecule has 0 atom stereocenters. The maximum absolute atomic E-state index is 5.91. The standard InChI is InChI=1S/C10H11ClN4/c1-15-10(9(13)5-14-15)7-4-6(11)2-3-8(7)12/h2-5H,12-13H2,1H3. The van der Waals surface area contributed by atoms with Crippen molar-refractivity contribution in [2.24, 2.45) is 7.05 Å². The van der Waals surface area contributed by atoms with Crippen molar-refractivity contribution in [2.75, 3.05) is 11.5 Å². The van der Waals surface area contributed by atoms with Crippen LogP contribution < -0.4 is 11.5 Å².